The van der Waals surface area contributed by atoms with Crippen LogP contribution in [0.3, 0.4) is 0 Å². The van der Waals surface area contributed by atoms with Crippen LogP contribution in [0.25, 0.3) is 82.1 Å². The third-order valence-corrected chi connectivity index (χ3v) is 9.40. The second-order valence-electron chi connectivity index (χ2n) is 12.0. The molecule has 4 nitrogen and oxygen atoms in total. The zero-order valence-electron chi connectivity index (χ0n) is 25.8. The molecule has 9 rings (SSSR count). The molecular formula is C44H26N4. The fraction of sp³-hybridized carbons (Fsp3) is 0. The van der Waals surface area contributed by atoms with E-state index in [9.17, 15) is 5.26 Å². The molecule has 0 spiro atoms. The first kappa shape index (κ1) is 27.4. The lowest BCUT2D eigenvalue weighted by Gasteiger charge is -2.15. The molecule has 0 saturated carbocycles. The predicted octanol–water partition coefficient (Wildman–Crippen LogP) is 11.6. The molecule has 4 heteroatoms. The van der Waals surface area contributed by atoms with Crippen LogP contribution in [0.4, 0.5) is 5.69 Å². The van der Waals surface area contributed by atoms with Crippen molar-refractivity contribution >= 4 is 49.3 Å². The van der Waals surface area contributed by atoms with E-state index in [-0.39, 0.29) is 0 Å². The minimum atomic E-state index is 0.626. The van der Waals surface area contributed by atoms with Crippen LogP contribution in [0.5, 0.6) is 0 Å². The van der Waals surface area contributed by atoms with Gasteiger partial charge in [0.15, 0.2) is 0 Å². The Hall–Kier alpha value is -6.88. The van der Waals surface area contributed by atoms with E-state index in [4.69, 9.17) is 6.57 Å². The second kappa shape index (κ2) is 10.9. The molecule has 0 saturated heterocycles. The molecule has 0 amide bonds. The zero-order chi connectivity index (χ0) is 32.2. The van der Waals surface area contributed by atoms with Crippen molar-refractivity contribution in [1.29, 1.82) is 5.26 Å². The van der Waals surface area contributed by atoms with Crippen LogP contribution in [0.15, 0.2) is 158 Å². The topological polar surface area (TPSA) is 38.0 Å². The first-order valence-electron chi connectivity index (χ1n) is 15.9. The average Bonchev–Trinajstić information content (AvgIpc) is 3.68. The predicted molar refractivity (Wildman–Crippen MR) is 197 cm³/mol. The van der Waals surface area contributed by atoms with E-state index in [1.807, 2.05) is 36.4 Å². The van der Waals surface area contributed by atoms with Crippen LogP contribution in [0.2, 0.25) is 0 Å². The molecule has 0 atom stereocenters. The largest absolute Gasteiger partial charge is 0.319 e. The van der Waals surface area contributed by atoms with E-state index in [2.05, 4.69) is 141 Å². The maximum atomic E-state index is 9.83. The number of rotatable bonds is 4. The molecule has 0 unspecified atom stereocenters. The van der Waals surface area contributed by atoms with Crippen molar-refractivity contribution in [2.75, 3.05) is 0 Å². The van der Waals surface area contributed by atoms with Crippen LogP contribution < -0.4 is 0 Å². The SMILES string of the molecule is [C-]#[N+]c1cccc2c3ccccc3n(-c3ccc(-c4ccc(-c5cc(C#N)ccc5-n5c6ccccc6c6ccccc65)cc4)cc3)c12. The monoisotopic (exact) mass is 610 g/mol. The maximum Gasteiger partial charge on any atom is 0.211 e. The van der Waals surface area contributed by atoms with Gasteiger partial charge in [0, 0.05) is 27.4 Å². The molecule has 0 aliphatic carbocycles. The standard InChI is InChI=1S/C44H26N4/c1-46-39-13-8-12-37-36-11-4-5-14-40(36)47(44(37)39)33-24-22-31(23-25-33)30-18-20-32(21-19-30)38-27-29(28-45)17-26-43(38)48-41-15-6-2-9-34(41)35-10-3-7-16-42(35)48/h2-27H. The molecule has 0 bridgehead atoms. The van der Waals surface area contributed by atoms with Gasteiger partial charge < -0.3 is 9.13 Å². The molecule has 0 N–H and O–H groups in total. The summed E-state index contributed by atoms with van der Waals surface area (Å²) in [5, 5.41) is 14.5. The Morgan fingerprint density at radius 2 is 1.02 bits per heavy atom. The van der Waals surface area contributed by atoms with Crippen LogP contribution in [-0.4, -0.2) is 9.13 Å². The van der Waals surface area contributed by atoms with Crippen molar-refractivity contribution in [3.05, 3.63) is 175 Å². The Kier molecular flexibility index (Phi) is 6.22. The van der Waals surface area contributed by atoms with Crippen LogP contribution in [-0.2, 0) is 0 Å². The summed E-state index contributed by atoms with van der Waals surface area (Å²) >= 11 is 0. The fourth-order valence-corrected chi connectivity index (χ4v) is 7.22. The Bertz CT molecular complexity index is 2730. The molecule has 7 aromatic carbocycles. The van der Waals surface area contributed by atoms with Crippen LogP contribution in [0, 0.1) is 17.9 Å². The van der Waals surface area contributed by atoms with Crippen molar-refractivity contribution in [3.63, 3.8) is 0 Å². The number of hydrogen-bond acceptors (Lipinski definition) is 1. The minimum absolute atomic E-state index is 0.626. The van der Waals surface area contributed by atoms with E-state index >= 15 is 0 Å². The molecule has 0 fully saturated rings. The van der Waals surface area contributed by atoms with Crippen molar-refractivity contribution in [3.8, 4) is 39.7 Å². The highest BCUT2D eigenvalue weighted by Crippen LogP contribution is 2.39. The normalized spacial score (nSPS) is 11.3. The number of fused-ring (bicyclic) bond motifs is 6. The van der Waals surface area contributed by atoms with Crippen molar-refractivity contribution in [2.45, 2.75) is 0 Å². The first-order valence-corrected chi connectivity index (χ1v) is 15.9. The number of nitrogens with zero attached hydrogens (tertiary/aromatic N) is 4. The molecule has 0 radical (unpaired) electrons. The minimum Gasteiger partial charge on any atom is -0.319 e. The van der Waals surface area contributed by atoms with Gasteiger partial charge in [-0.1, -0.05) is 109 Å². The van der Waals surface area contributed by atoms with Crippen LogP contribution >= 0.6 is 0 Å². The zero-order valence-corrected chi connectivity index (χ0v) is 25.8. The summed E-state index contributed by atoms with van der Waals surface area (Å²) < 4.78 is 4.51. The van der Waals surface area contributed by atoms with Gasteiger partial charge in [0.2, 0.25) is 5.69 Å². The highest BCUT2D eigenvalue weighted by atomic mass is 15.0. The molecular weight excluding hydrogens is 585 g/mol. The quantitative estimate of drug-likeness (QED) is 0.183. The number of para-hydroxylation sites is 4. The molecule has 2 aromatic heterocycles. The van der Waals surface area contributed by atoms with Gasteiger partial charge in [0.1, 0.15) is 0 Å². The average molecular weight is 611 g/mol. The van der Waals surface area contributed by atoms with Gasteiger partial charge in [-0.3, -0.25) is 0 Å². The maximum absolute atomic E-state index is 9.83. The Balaban J connectivity index is 1.13. The van der Waals surface area contributed by atoms with Gasteiger partial charge in [-0.15, -0.1) is 0 Å². The van der Waals surface area contributed by atoms with E-state index in [0.717, 1.165) is 66.5 Å². The first-order chi connectivity index (χ1) is 23.7. The molecule has 2 heterocycles. The lowest BCUT2D eigenvalue weighted by molar-refractivity contribution is 1.18. The third kappa shape index (κ3) is 4.14. The van der Waals surface area contributed by atoms with E-state index in [1.54, 1.807) is 0 Å². The summed E-state index contributed by atoms with van der Waals surface area (Å²) in [7, 11) is 0. The van der Waals surface area contributed by atoms with E-state index in [0.29, 0.717) is 11.3 Å². The smallest absolute Gasteiger partial charge is 0.211 e. The Morgan fingerprint density at radius 3 is 1.62 bits per heavy atom. The summed E-state index contributed by atoms with van der Waals surface area (Å²) in [5.41, 5.74) is 11.9. The highest BCUT2D eigenvalue weighted by Gasteiger charge is 2.17. The van der Waals surface area contributed by atoms with Crippen molar-refractivity contribution in [2.24, 2.45) is 0 Å². The van der Waals surface area contributed by atoms with Gasteiger partial charge in [-0.2, -0.15) is 5.26 Å². The number of nitriles is 1. The summed E-state index contributed by atoms with van der Waals surface area (Å²) in [4.78, 5) is 3.85. The van der Waals surface area contributed by atoms with Crippen LogP contribution in [0.1, 0.15) is 5.56 Å². The number of benzene rings is 7. The van der Waals surface area contributed by atoms with Gasteiger partial charge in [0.05, 0.1) is 46.0 Å². The van der Waals surface area contributed by atoms with E-state index < -0.39 is 0 Å². The van der Waals surface area contributed by atoms with Crippen molar-refractivity contribution < 1.29 is 0 Å². The van der Waals surface area contributed by atoms with Gasteiger partial charge in [0.25, 0.3) is 0 Å². The van der Waals surface area contributed by atoms with E-state index in [1.165, 1.54) is 10.8 Å². The molecule has 48 heavy (non-hydrogen) atoms. The Labute approximate surface area is 277 Å². The molecule has 0 aliphatic rings. The lowest BCUT2D eigenvalue weighted by atomic mass is 9.97. The van der Waals surface area contributed by atoms with Gasteiger partial charge in [-0.25, -0.2) is 4.85 Å². The summed E-state index contributed by atoms with van der Waals surface area (Å²) in [6, 6.07) is 56.7. The highest BCUT2D eigenvalue weighted by molar-refractivity contribution is 6.13. The lowest BCUT2D eigenvalue weighted by Crippen LogP contribution is -1.98. The molecule has 9 aromatic rings. The Morgan fingerprint density at radius 1 is 0.500 bits per heavy atom. The number of hydrogen-bond donors (Lipinski definition) is 0. The van der Waals surface area contributed by atoms with Crippen molar-refractivity contribution in [1.82, 2.24) is 9.13 Å². The second-order valence-corrected chi connectivity index (χ2v) is 12.0. The summed E-state index contributed by atoms with van der Waals surface area (Å²) in [6.45, 7) is 7.83. The molecule has 0 aliphatic heterocycles. The number of aromatic nitrogens is 2. The summed E-state index contributed by atoms with van der Waals surface area (Å²) in [5.74, 6) is 0. The fourth-order valence-electron chi connectivity index (χ4n) is 7.22. The third-order valence-electron chi connectivity index (χ3n) is 9.40. The van der Waals surface area contributed by atoms with Gasteiger partial charge >= 0.3 is 0 Å². The molecule has 222 valence electrons. The summed E-state index contributed by atoms with van der Waals surface area (Å²) in [6.07, 6.45) is 0. The van der Waals surface area contributed by atoms with Gasteiger partial charge in [-0.05, 0) is 70.6 Å².